The minimum atomic E-state index is -0.177. The summed E-state index contributed by atoms with van der Waals surface area (Å²) in [4.78, 5) is 3.92. The number of benzene rings is 3. The average Bonchev–Trinajstić information content (AvgIpc) is 2.75. The molecule has 1 aliphatic rings. The first kappa shape index (κ1) is 18.5. The van der Waals surface area contributed by atoms with Crippen molar-refractivity contribution in [2.24, 2.45) is 0 Å². The van der Waals surface area contributed by atoms with Gasteiger partial charge in [-0.25, -0.2) is 4.39 Å². The zero-order valence-corrected chi connectivity index (χ0v) is 16.0. The van der Waals surface area contributed by atoms with Gasteiger partial charge in [-0.3, -0.25) is 0 Å². The maximum atomic E-state index is 13.1. The van der Waals surface area contributed by atoms with Crippen molar-refractivity contribution in [3.8, 4) is 5.75 Å². The summed E-state index contributed by atoms with van der Waals surface area (Å²) in [6.07, 6.45) is 0. The summed E-state index contributed by atoms with van der Waals surface area (Å²) in [6, 6.07) is 25.5. The number of hydrogen-bond donors (Lipinski definition) is 1. The molecule has 1 aliphatic heterocycles. The lowest BCUT2D eigenvalue weighted by atomic mass is 10.1. The third-order valence-corrected chi connectivity index (χ3v) is 5.29. The molecule has 28 heavy (non-hydrogen) atoms. The first-order chi connectivity index (χ1) is 13.8. The molecular formula is C24H26FN2O+. The van der Waals surface area contributed by atoms with Crippen LogP contribution < -0.4 is 14.5 Å². The van der Waals surface area contributed by atoms with Gasteiger partial charge in [0.25, 0.3) is 0 Å². The maximum absolute atomic E-state index is 13.1. The zero-order valence-electron chi connectivity index (χ0n) is 16.0. The van der Waals surface area contributed by atoms with E-state index in [0.29, 0.717) is 6.61 Å². The van der Waals surface area contributed by atoms with Gasteiger partial charge in [0.15, 0.2) is 0 Å². The standard InChI is InChI=1S/C24H25FN2O/c25-22-8-10-23(11-9-22)27-16-14-26(15-17-27)18-20-6-12-24(13-7-20)28-19-21-4-2-1-3-5-21/h1-13H,14-19H2/p+1. The van der Waals surface area contributed by atoms with Gasteiger partial charge >= 0.3 is 0 Å². The molecule has 1 fully saturated rings. The van der Waals surface area contributed by atoms with Crippen LogP contribution >= 0.6 is 0 Å². The molecule has 3 aromatic rings. The number of halogens is 1. The van der Waals surface area contributed by atoms with Gasteiger partial charge in [-0.2, -0.15) is 0 Å². The molecule has 3 nitrogen and oxygen atoms in total. The van der Waals surface area contributed by atoms with Gasteiger partial charge in [0, 0.05) is 11.3 Å². The fourth-order valence-corrected chi connectivity index (χ4v) is 3.64. The first-order valence-electron chi connectivity index (χ1n) is 9.86. The lowest BCUT2D eigenvalue weighted by Gasteiger charge is -2.33. The fourth-order valence-electron chi connectivity index (χ4n) is 3.64. The minimum absolute atomic E-state index is 0.177. The van der Waals surface area contributed by atoms with Crippen molar-refractivity contribution in [1.82, 2.24) is 0 Å². The summed E-state index contributed by atoms with van der Waals surface area (Å²) in [6.45, 7) is 5.79. The quantitative estimate of drug-likeness (QED) is 0.710. The van der Waals surface area contributed by atoms with Crippen LogP contribution in [0, 0.1) is 5.82 Å². The van der Waals surface area contributed by atoms with Crippen LogP contribution in [-0.2, 0) is 13.2 Å². The molecule has 0 aliphatic carbocycles. The van der Waals surface area contributed by atoms with Crippen molar-refractivity contribution in [3.63, 3.8) is 0 Å². The maximum Gasteiger partial charge on any atom is 0.123 e. The number of nitrogens with one attached hydrogen (secondary N) is 1. The predicted octanol–water partition coefficient (Wildman–Crippen LogP) is 3.31. The normalized spacial score (nSPS) is 14.8. The van der Waals surface area contributed by atoms with Crippen LogP contribution in [-0.4, -0.2) is 26.2 Å². The number of nitrogens with zero attached hydrogens (tertiary/aromatic N) is 1. The molecule has 0 spiro atoms. The van der Waals surface area contributed by atoms with Gasteiger partial charge in [0.1, 0.15) is 24.7 Å². The van der Waals surface area contributed by atoms with Crippen molar-refractivity contribution in [2.75, 3.05) is 31.1 Å². The molecular weight excluding hydrogens is 351 g/mol. The van der Waals surface area contributed by atoms with Gasteiger partial charge in [-0.05, 0) is 54.1 Å². The number of rotatable bonds is 6. The van der Waals surface area contributed by atoms with E-state index in [4.69, 9.17) is 4.74 Å². The van der Waals surface area contributed by atoms with Crippen LogP contribution in [0.15, 0.2) is 78.9 Å². The molecule has 0 radical (unpaired) electrons. The monoisotopic (exact) mass is 377 g/mol. The highest BCUT2D eigenvalue weighted by Gasteiger charge is 2.20. The Morgan fingerprint density at radius 2 is 1.46 bits per heavy atom. The zero-order chi connectivity index (χ0) is 19.2. The van der Waals surface area contributed by atoms with E-state index < -0.39 is 0 Å². The lowest BCUT2D eigenvalue weighted by Crippen LogP contribution is -3.13. The van der Waals surface area contributed by atoms with Crippen LogP contribution in [0.4, 0.5) is 10.1 Å². The molecule has 1 N–H and O–H groups in total. The number of ether oxygens (including phenoxy) is 1. The number of hydrogen-bond acceptors (Lipinski definition) is 2. The summed E-state index contributed by atoms with van der Waals surface area (Å²) in [5.41, 5.74) is 3.62. The molecule has 3 aromatic carbocycles. The van der Waals surface area contributed by atoms with Crippen molar-refractivity contribution >= 4 is 5.69 Å². The third-order valence-electron chi connectivity index (χ3n) is 5.29. The molecule has 1 saturated heterocycles. The van der Waals surface area contributed by atoms with Crippen molar-refractivity contribution in [3.05, 3.63) is 95.8 Å². The molecule has 0 atom stereocenters. The highest BCUT2D eigenvalue weighted by atomic mass is 19.1. The molecule has 0 bridgehead atoms. The van der Waals surface area contributed by atoms with E-state index in [1.807, 2.05) is 30.3 Å². The average molecular weight is 377 g/mol. The second kappa shape index (κ2) is 8.89. The van der Waals surface area contributed by atoms with E-state index in [-0.39, 0.29) is 5.82 Å². The summed E-state index contributed by atoms with van der Waals surface area (Å²) >= 11 is 0. The van der Waals surface area contributed by atoms with E-state index in [1.165, 1.54) is 23.3 Å². The summed E-state index contributed by atoms with van der Waals surface area (Å²) < 4.78 is 19.0. The molecule has 0 saturated carbocycles. The van der Waals surface area contributed by atoms with E-state index in [9.17, 15) is 4.39 Å². The second-order valence-corrected chi connectivity index (χ2v) is 7.31. The highest BCUT2D eigenvalue weighted by molar-refractivity contribution is 5.46. The van der Waals surface area contributed by atoms with Crippen LogP contribution in [0.3, 0.4) is 0 Å². The van der Waals surface area contributed by atoms with Gasteiger partial charge in [-0.1, -0.05) is 30.3 Å². The second-order valence-electron chi connectivity index (χ2n) is 7.31. The van der Waals surface area contributed by atoms with Crippen LogP contribution in [0.1, 0.15) is 11.1 Å². The SMILES string of the molecule is Fc1ccc(N2CC[NH+](Cc3ccc(OCc4ccccc4)cc3)CC2)cc1. The summed E-state index contributed by atoms with van der Waals surface area (Å²) in [7, 11) is 0. The van der Waals surface area contributed by atoms with Crippen LogP contribution in [0.5, 0.6) is 5.75 Å². The molecule has 0 aromatic heterocycles. The summed E-state index contributed by atoms with van der Waals surface area (Å²) in [5, 5.41) is 0. The molecule has 0 amide bonds. The van der Waals surface area contributed by atoms with Gasteiger partial charge in [0.2, 0.25) is 0 Å². The van der Waals surface area contributed by atoms with E-state index in [0.717, 1.165) is 44.2 Å². The Morgan fingerprint density at radius 3 is 2.14 bits per heavy atom. The molecule has 0 unspecified atom stereocenters. The van der Waals surface area contributed by atoms with Crippen molar-refractivity contribution in [2.45, 2.75) is 13.2 Å². The molecule has 4 heteroatoms. The Labute approximate surface area is 166 Å². The van der Waals surface area contributed by atoms with Crippen LogP contribution in [0.2, 0.25) is 0 Å². The smallest absolute Gasteiger partial charge is 0.123 e. The van der Waals surface area contributed by atoms with Gasteiger partial charge in [0.05, 0.1) is 26.2 Å². The van der Waals surface area contributed by atoms with Crippen molar-refractivity contribution < 1.29 is 14.0 Å². The fraction of sp³-hybridized carbons (Fsp3) is 0.250. The molecule has 1 heterocycles. The van der Waals surface area contributed by atoms with E-state index >= 15 is 0 Å². The number of piperazine rings is 1. The van der Waals surface area contributed by atoms with Crippen molar-refractivity contribution in [1.29, 1.82) is 0 Å². The molecule has 144 valence electrons. The van der Waals surface area contributed by atoms with E-state index in [2.05, 4.69) is 41.3 Å². The van der Waals surface area contributed by atoms with E-state index in [1.54, 1.807) is 4.90 Å². The Hall–Kier alpha value is -2.85. The predicted molar refractivity (Wildman–Crippen MR) is 110 cm³/mol. The summed E-state index contributed by atoms with van der Waals surface area (Å²) in [5.74, 6) is 0.730. The molecule has 4 rings (SSSR count). The highest BCUT2D eigenvalue weighted by Crippen LogP contribution is 2.16. The Balaban J connectivity index is 1.25. The van der Waals surface area contributed by atoms with Gasteiger partial charge < -0.3 is 14.5 Å². The third kappa shape index (κ3) is 4.90. The Kier molecular flexibility index (Phi) is 5.88. The topological polar surface area (TPSA) is 16.9 Å². The number of anilines is 1. The Morgan fingerprint density at radius 1 is 0.786 bits per heavy atom. The largest absolute Gasteiger partial charge is 0.489 e. The lowest BCUT2D eigenvalue weighted by molar-refractivity contribution is -0.914. The van der Waals surface area contributed by atoms with Gasteiger partial charge in [-0.15, -0.1) is 0 Å². The Bertz CT molecular complexity index is 857. The minimum Gasteiger partial charge on any atom is -0.489 e. The first-order valence-corrected chi connectivity index (χ1v) is 9.86. The number of quaternary nitrogens is 1. The van der Waals surface area contributed by atoms with Crippen LogP contribution in [0.25, 0.3) is 0 Å².